The molecule has 0 heterocycles. The molecule has 0 spiro atoms. The van der Waals surface area contributed by atoms with Crippen molar-refractivity contribution in [3.05, 3.63) is 119 Å². The Hall–Kier alpha value is -6.36. The van der Waals surface area contributed by atoms with Crippen molar-refractivity contribution in [2.75, 3.05) is 18.0 Å². The Kier molecular flexibility index (Phi) is 16.2. The molecule has 0 aliphatic heterocycles. The standard InChI is InChI=1S/C13H16F3N3O4.C7H2ClF3N2O4.C7H7N3O6S/c1-3-5-17(6-4-2)12-10(18(20)21)7-9(13(14,15)16)8-11(12)19(22)23;8-6-4(12(14)15)1-3(7(9,10)11)2-5(6)13(16)17;1-4-6(9(11)12)2-5(17(8,15)16)3-7(4)10(13)14/h7-8H,3-6H2,1-2H3;1-2H;2-3H,1H3,(H2,8,15,16). The first kappa shape index (κ1) is 48.7. The molecular formula is C27H25ClF6N8O14S. The maximum absolute atomic E-state index is 12.8. The predicted molar refractivity (Wildman–Crippen MR) is 183 cm³/mol. The minimum absolute atomic E-state index is 0.148. The molecule has 312 valence electrons. The number of hydrogen-bond donors (Lipinski definition) is 1. The molecule has 0 aliphatic carbocycles. The highest BCUT2D eigenvalue weighted by Crippen LogP contribution is 2.44. The van der Waals surface area contributed by atoms with Gasteiger partial charge in [0, 0.05) is 49.5 Å². The molecule has 3 aromatic carbocycles. The Bertz CT molecular complexity index is 2100. The Morgan fingerprint density at radius 2 is 0.877 bits per heavy atom. The van der Waals surface area contributed by atoms with Crippen molar-refractivity contribution >= 4 is 61.4 Å². The van der Waals surface area contributed by atoms with E-state index in [0.717, 1.165) is 6.92 Å². The van der Waals surface area contributed by atoms with Crippen molar-refractivity contribution in [3.8, 4) is 0 Å². The number of nitrogens with two attached hydrogens (primary N) is 1. The predicted octanol–water partition coefficient (Wildman–Crippen LogP) is 7.78. The van der Waals surface area contributed by atoms with Gasteiger partial charge in [0.2, 0.25) is 10.0 Å². The van der Waals surface area contributed by atoms with Gasteiger partial charge in [-0.1, -0.05) is 25.4 Å². The lowest BCUT2D eigenvalue weighted by Gasteiger charge is -2.23. The molecule has 0 aromatic heterocycles. The first-order valence-electron chi connectivity index (χ1n) is 14.9. The lowest BCUT2D eigenvalue weighted by Crippen LogP contribution is -2.27. The average Bonchev–Trinajstić information content (AvgIpc) is 3.06. The van der Waals surface area contributed by atoms with Crippen LogP contribution in [0.4, 0.5) is 66.2 Å². The van der Waals surface area contributed by atoms with Gasteiger partial charge in [0.05, 0.1) is 45.6 Å². The third kappa shape index (κ3) is 12.8. The zero-order valence-electron chi connectivity index (χ0n) is 28.8. The van der Waals surface area contributed by atoms with E-state index in [4.69, 9.17) is 16.7 Å². The summed E-state index contributed by atoms with van der Waals surface area (Å²) in [5, 5.41) is 68.3. The lowest BCUT2D eigenvalue weighted by atomic mass is 10.1. The number of halogens is 7. The van der Waals surface area contributed by atoms with Crippen molar-refractivity contribution < 1.29 is 64.3 Å². The van der Waals surface area contributed by atoms with Crippen molar-refractivity contribution in [2.45, 2.75) is 50.9 Å². The quantitative estimate of drug-likeness (QED) is 0.103. The van der Waals surface area contributed by atoms with Crippen LogP contribution in [0.15, 0.2) is 41.3 Å². The van der Waals surface area contributed by atoms with Crippen LogP contribution in [0.3, 0.4) is 0 Å². The molecule has 0 saturated heterocycles. The first-order chi connectivity index (χ1) is 25.9. The van der Waals surface area contributed by atoms with E-state index in [1.807, 2.05) is 0 Å². The van der Waals surface area contributed by atoms with Gasteiger partial charge in [0.25, 0.3) is 34.1 Å². The summed E-state index contributed by atoms with van der Waals surface area (Å²) in [5.74, 6) is 0. The molecule has 22 nitrogen and oxygen atoms in total. The molecule has 3 aromatic rings. The smallest absolute Gasteiger partial charge is 0.360 e. The van der Waals surface area contributed by atoms with Gasteiger partial charge >= 0.3 is 12.4 Å². The van der Waals surface area contributed by atoms with Gasteiger partial charge in [-0.2, -0.15) is 26.3 Å². The fraction of sp³-hybridized carbons (Fsp3) is 0.333. The van der Waals surface area contributed by atoms with Crippen LogP contribution in [0.2, 0.25) is 5.02 Å². The SMILES string of the molecule is CCCN(CCC)c1c([N+](=O)[O-])cc(C(F)(F)F)cc1[N+](=O)[O-].Cc1c([N+](=O)[O-])cc(S(N)(=O)=O)cc1[N+](=O)[O-].O=[N+]([O-])c1cc(C(F)(F)F)cc([N+](=O)[O-])c1Cl. The van der Waals surface area contributed by atoms with E-state index in [0.29, 0.717) is 37.1 Å². The molecule has 2 N–H and O–H groups in total. The van der Waals surface area contributed by atoms with E-state index in [1.165, 1.54) is 4.90 Å². The molecule has 0 atom stereocenters. The van der Waals surface area contributed by atoms with Gasteiger partial charge in [-0.25, -0.2) is 13.6 Å². The molecule has 0 radical (unpaired) electrons. The van der Waals surface area contributed by atoms with Crippen LogP contribution in [0, 0.1) is 67.6 Å². The topological polar surface area (TPSA) is 322 Å². The Morgan fingerprint density at radius 3 is 1.11 bits per heavy atom. The normalized spacial score (nSPS) is 11.3. The fourth-order valence-corrected chi connectivity index (χ4v) is 5.27. The third-order valence-corrected chi connectivity index (χ3v) is 8.18. The summed E-state index contributed by atoms with van der Waals surface area (Å²) in [5.41, 5.74) is -8.98. The molecule has 0 saturated carbocycles. The van der Waals surface area contributed by atoms with Gasteiger partial charge in [-0.05, 0) is 19.8 Å². The summed E-state index contributed by atoms with van der Waals surface area (Å²) in [6, 6.07) is 2.38. The number of rotatable bonds is 12. The van der Waals surface area contributed by atoms with Crippen LogP contribution in [-0.2, 0) is 22.4 Å². The van der Waals surface area contributed by atoms with Crippen LogP contribution >= 0.6 is 11.6 Å². The molecule has 0 aliphatic rings. The number of alkyl halides is 6. The molecule has 57 heavy (non-hydrogen) atoms. The number of nitrogens with zero attached hydrogens (tertiary/aromatic N) is 7. The highest BCUT2D eigenvalue weighted by atomic mass is 35.5. The number of hydrogen-bond acceptors (Lipinski definition) is 15. The second kappa shape index (κ2) is 19.0. The van der Waals surface area contributed by atoms with E-state index in [2.05, 4.69) is 0 Å². The summed E-state index contributed by atoms with van der Waals surface area (Å²) in [7, 11) is -4.24. The van der Waals surface area contributed by atoms with Gasteiger partial charge in [0.1, 0.15) is 5.56 Å². The van der Waals surface area contributed by atoms with Gasteiger partial charge in [0.15, 0.2) is 10.7 Å². The lowest BCUT2D eigenvalue weighted by molar-refractivity contribution is -0.395. The molecule has 0 amide bonds. The molecule has 3 rings (SSSR count). The molecule has 0 fully saturated rings. The molecule has 0 unspecified atom stereocenters. The van der Waals surface area contributed by atoms with E-state index in [9.17, 15) is 95.4 Å². The maximum Gasteiger partial charge on any atom is 0.416 e. The summed E-state index contributed by atoms with van der Waals surface area (Å²) in [6.45, 7) is 5.22. The minimum Gasteiger partial charge on any atom is -0.360 e. The highest BCUT2D eigenvalue weighted by molar-refractivity contribution is 7.89. The Balaban J connectivity index is 0.000000435. The van der Waals surface area contributed by atoms with Crippen LogP contribution in [0.5, 0.6) is 0 Å². The molecular weight excluding hydrogens is 842 g/mol. The summed E-state index contributed by atoms with van der Waals surface area (Å²) >= 11 is 5.27. The highest BCUT2D eigenvalue weighted by Gasteiger charge is 2.39. The van der Waals surface area contributed by atoms with Crippen LogP contribution in [0.1, 0.15) is 43.4 Å². The van der Waals surface area contributed by atoms with Crippen molar-refractivity contribution in [2.24, 2.45) is 5.14 Å². The second-order valence-corrected chi connectivity index (χ2v) is 12.8. The first-order valence-corrected chi connectivity index (χ1v) is 16.8. The van der Waals surface area contributed by atoms with Crippen molar-refractivity contribution in [1.29, 1.82) is 0 Å². The van der Waals surface area contributed by atoms with Crippen LogP contribution in [-0.4, -0.2) is 51.0 Å². The van der Waals surface area contributed by atoms with E-state index < -0.39 is 107 Å². The molecule has 30 heteroatoms. The third-order valence-electron chi connectivity index (χ3n) is 6.90. The van der Waals surface area contributed by atoms with Crippen LogP contribution < -0.4 is 10.0 Å². The van der Waals surface area contributed by atoms with Gasteiger partial charge in [-0.15, -0.1) is 0 Å². The summed E-state index contributed by atoms with van der Waals surface area (Å²) in [6.07, 6.45) is -8.76. The fourth-order valence-electron chi connectivity index (χ4n) is 4.47. The minimum atomic E-state index is -4.93. The summed E-state index contributed by atoms with van der Waals surface area (Å²) in [4.78, 5) is 58.9. The zero-order valence-corrected chi connectivity index (χ0v) is 30.3. The number of sulfonamides is 1. The van der Waals surface area contributed by atoms with E-state index in [-0.39, 0.29) is 36.5 Å². The zero-order chi connectivity index (χ0) is 44.5. The number of primary sulfonamides is 1. The number of anilines is 1. The summed E-state index contributed by atoms with van der Waals surface area (Å²) < 4.78 is 97.5. The maximum atomic E-state index is 12.8. The monoisotopic (exact) mass is 866 g/mol. The number of nitro groups is 6. The average molecular weight is 867 g/mol. The van der Waals surface area contributed by atoms with Gasteiger partial charge in [-0.3, -0.25) is 60.7 Å². The number of benzene rings is 3. The van der Waals surface area contributed by atoms with Crippen molar-refractivity contribution in [3.63, 3.8) is 0 Å². The Morgan fingerprint density at radius 1 is 0.596 bits per heavy atom. The Labute approximate surface area is 318 Å². The second-order valence-electron chi connectivity index (χ2n) is 10.8. The van der Waals surface area contributed by atoms with Crippen molar-refractivity contribution in [1.82, 2.24) is 0 Å². The van der Waals surface area contributed by atoms with E-state index in [1.54, 1.807) is 13.8 Å². The largest absolute Gasteiger partial charge is 0.416 e. The van der Waals surface area contributed by atoms with E-state index >= 15 is 0 Å². The van der Waals surface area contributed by atoms with Gasteiger partial charge < -0.3 is 4.90 Å². The molecule has 0 bridgehead atoms. The number of nitro benzene ring substituents is 6. The van der Waals surface area contributed by atoms with Crippen LogP contribution in [0.25, 0.3) is 0 Å².